The van der Waals surface area contributed by atoms with E-state index >= 15 is 0 Å². The van der Waals surface area contributed by atoms with Gasteiger partial charge in [-0.25, -0.2) is 14.4 Å². The minimum absolute atomic E-state index is 0.0811. The summed E-state index contributed by atoms with van der Waals surface area (Å²) in [4.78, 5) is 36.5. The van der Waals surface area contributed by atoms with E-state index < -0.39 is 30.6 Å². The molecule has 4 N–H and O–H groups in total. The zero-order valence-corrected chi connectivity index (χ0v) is 15.8. The first-order chi connectivity index (χ1) is 13.8. The molecule has 0 unspecified atom stereocenters. The van der Waals surface area contributed by atoms with Crippen LogP contribution in [0.5, 0.6) is 11.5 Å². The molecular formula is C20H20N2O7. The number of phenols is 2. The van der Waals surface area contributed by atoms with Crippen LogP contribution in [0.15, 0.2) is 41.6 Å². The van der Waals surface area contributed by atoms with Gasteiger partial charge in [0, 0.05) is 10.8 Å². The molecule has 0 aliphatic carbocycles. The van der Waals surface area contributed by atoms with Gasteiger partial charge in [-0.05, 0) is 19.9 Å². The Morgan fingerprint density at radius 1 is 1.10 bits per heavy atom. The van der Waals surface area contributed by atoms with Crippen molar-refractivity contribution in [3.8, 4) is 11.5 Å². The molecule has 9 heteroatoms. The number of urea groups is 1. The van der Waals surface area contributed by atoms with E-state index in [0.29, 0.717) is 5.39 Å². The van der Waals surface area contributed by atoms with Crippen LogP contribution >= 0.6 is 0 Å². The van der Waals surface area contributed by atoms with E-state index in [9.17, 15) is 24.6 Å². The summed E-state index contributed by atoms with van der Waals surface area (Å²) in [6.07, 6.45) is 0. The van der Waals surface area contributed by atoms with Crippen LogP contribution in [0.1, 0.15) is 24.2 Å². The maximum Gasteiger partial charge on any atom is 0.342 e. The normalized spacial score (nSPS) is 16.2. The molecule has 1 aliphatic heterocycles. The Bertz CT molecular complexity index is 1030. The molecule has 2 aromatic rings. The first-order valence-corrected chi connectivity index (χ1v) is 8.92. The van der Waals surface area contributed by atoms with E-state index in [1.54, 1.807) is 38.1 Å². The summed E-state index contributed by atoms with van der Waals surface area (Å²) < 4.78 is 10.2. The fourth-order valence-electron chi connectivity index (χ4n) is 3.11. The summed E-state index contributed by atoms with van der Waals surface area (Å²) >= 11 is 0. The van der Waals surface area contributed by atoms with Crippen LogP contribution in [-0.4, -0.2) is 47.4 Å². The second kappa shape index (κ2) is 8.09. The molecule has 9 nitrogen and oxygen atoms in total. The van der Waals surface area contributed by atoms with E-state index in [-0.39, 0.29) is 40.3 Å². The molecule has 0 fully saturated rings. The summed E-state index contributed by atoms with van der Waals surface area (Å²) in [5.74, 6) is -2.12. The molecule has 0 saturated heterocycles. The van der Waals surface area contributed by atoms with Crippen LogP contribution in [0.3, 0.4) is 0 Å². The molecule has 0 radical (unpaired) electrons. The molecule has 1 aliphatic rings. The molecule has 0 bridgehead atoms. The first kappa shape index (κ1) is 20.0. The largest absolute Gasteiger partial charge is 0.507 e. The Kier molecular flexibility index (Phi) is 5.58. The van der Waals surface area contributed by atoms with Gasteiger partial charge in [-0.3, -0.25) is 0 Å². The third kappa shape index (κ3) is 3.93. The van der Waals surface area contributed by atoms with Crippen molar-refractivity contribution in [2.45, 2.75) is 19.9 Å². The maximum atomic E-state index is 12.5. The molecule has 2 aromatic carbocycles. The Morgan fingerprint density at radius 3 is 2.48 bits per heavy atom. The molecule has 1 atom stereocenters. The van der Waals surface area contributed by atoms with Gasteiger partial charge in [-0.2, -0.15) is 0 Å². The van der Waals surface area contributed by atoms with Crippen molar-refractivity contribution >= 4 is 28.7 Å². The number of carbonyl (C=O) groups is 3. The number of benzene rings is 2. The maximum absolute atomic E-state index is 12.5. The highest BCUT2D eigenvalue weighted by Crippen LogP contribution is 2.35. The second-order valence-corrected chi connectivity index (χ2v) is 6.35. The fraction of sp³-hybridized carbons (Fsp3) is 0.250. The highest BCUT2D eigenvalue weighted by Gasteiger charge is 2.30. The van der Waals surface area contributed by atoms with Crippen molar-refractivity contribution in [3.63, 3.8) is 0 Å². The lowest BCUT2D eigenvalue weighted by Crippen LogP contribution is -2.50. The lowest BCUT2D eigenvalue weighted by molar-refractivity contribution is -0.139. The standard InChI is InChI=1S/C20H20N2O7/c1-3-28-19(26)16-10(2)21-20(27)22-14(16)9-29-18(25)13-8-15(23)11-6-4-5-7-12(11)17(13)24/h4-8,10,23-24H,3,9H2,1-2H3,(H2,21,22,27)/t10-/m1/s1. The van der Waals surface area contributed by atoms with Crippen LogP contribution in [0.4, 0.5) is 4.79 Å². The van der Waals surface area contributed by atoms with E-state index in [1.807, 2.05) is 0 Å². The summed E-state index contributed by atoms with van der Waals surface area (Å²) in [6, 6.07) is 6.39. The van der Waals surface area contributed by atoms with E-state index in [2.05, 4.69) is 10.6 Å². The lowest BCUT2D eigenvalue weighted by Gasteiger charge is -2.26. The Balaban J connectivity index is 1.88. The number of nitrogens with one attached hydrogen (secondary N) is 2. The van der Waals surface area contributed by atoms with Crippen molar-refractivity contribution in [1.82, 2.24) is 10.6 Å². The van der Waals surface area contributed by atoms with Gasteiger partial charge in [0.15, 0.2) is 0 Å². The highest BCUT2D eigenvalue weighted by molar-refractivity contribution is 6.03. The zero-order valence-electron chi connectivity index (χ0n) is 15.8. The fourth-order valence-corrected chi connectivity index (χ4v) is 3.11. The van der Waals surface area contributed by atoms with E-state index in [1.165, 1.54) is 0 Å². The molecule has 152 valence electrons. The molecule has 0 saturated carbocycles. The number of carbonyl (C=O) groups excluding carboxylic acids is 3. The van der Waals surface area contributed by atoms with E-state index in [4.69, 9.17) is 9.47 Å². The van der Waals surface area contributed by atoms with Gasteiger partial charge >= 0.3 is 18.0 Å². The average Bonchev–Trinajstić information content (AvgIpc) is 2.68. The van der Waals surface area contributed by atoms with Crippen LogP contribution in [0.25, 0.3) is 10.8 Å². The van der Waals surface area contributed by atoms with Crippen molar-refractivity contribution in [2.24, 2.45) is 0 Å². The van der Waals surface area contributed by atoms with Gasteiger partial charge in [0.2, 0.25) is 0 Å². The van der Waals surface area contributed by atoms with Crippen molar-refractivity contribution in [3.05, 3.63) is 47.2 Å². The molecular weight excluding hydrogens is 380 g/mol. The number of hydrogen-bond acceptors (Lipinski definition) is 7. The quantitative estimate of drug-likeness (QED) is 0.445. The average molecular weight is 400 g/mol. The van der Waals surface area contributed by atoms with Gasteiger partial charge in [-0.1, -0.05) is 24.3 Å². The number of rotatable bonds is 5. The Labute approximate surface area is 165 Å². The van der Waals surface area contributed by atoms with Gasteiger partial charge in [0.25, 0.3) is 0 Å². The minimum atomic E-state index is -0.931. The van der Waals surface area contributed by atoms with Crippen LogP contribution in [0, 0.1) is 0 Å². The number of amides is 2. The topological polar surface area (TPSA) is 134 Å². The number of esters is 2. The molecule has 1 heterocycles. The zero-order chi connectivity index (χ0) is 21.1. The monoisotopic (exact) mass is 400 g/mol. The number of aromatic hydroxyl groups is 2. The minimum Gasteiger partial charge on any atom is -0.507 e. The number of phenolic OH excluding ortho intramolecular Hbond substituents is 2. The molecule has 29 heavy (non-hydrogen) atoms. The van der Waals surface area contributed by atoms with Crippen molar-refractivity contribution in [1.29, 1.82) is 0 Å². The Hall–Kier alpha value is -3.75. The molecule has 3 rings (SSSR count). The molecule has 2 amide bonds. The third-order valence-electron chi connectivity index (χ3n) is 4.43. The smallest absolute Gasteiger partial charge is 0.342 e. The van der Waals surface area contributed by atoms with E-state index in [0.717, 1.165) is 6.07 Å². The number of fused-ring (bicyclic) bond motifs is 1. The summed E-state index contributed by atoms with van der Waals surface area (Å²) in [6.45, 7) is 2.95. The third-order valence-corrected chi connectivity index (χ3v) is 4.43. The van der Waals surface area contributed by atoms with Crippen LogP contribution < -0.4 is 10.6 Å². The van der Waals surface area contributed by atoms with Gasteiger partial charge in [-0.15, -0.1) is 0 Å². The lowest BCUT2D eigenvalue weighted by atomic mass is 10.0. The number of hydrogen-bond donors (Lipinski definition) is 4. The van der Waals surface area contributed by atoms with Gasteiger partial charge in [0.1, 0.15) is 23.7 Å². The predicted molar refractivity (Wildman–Crippen MR) is 102 cm³/mol. The molecule has 0 aromatic heterocycles. The van der Waals surface area contributed by atoms with Crippen molar-refractivity contribution in [2.75, 3.05) is 13.2 Å². The summed E-state index contributed by atoms with van der Waals surface area (Å²) in [7, 11) is 0. The van der Waals surface area contributed by atoms with Crippen LogP contribution in [0.2, 0.25) is 0 Å². The SMILES string of the molecule is CCOC(=O)C1=C(COC(=O)c2cc(O)c3ccccc3c2O)NC(=O)N[C@@H]1C. The summed E-state index contributed by atoms with van der Waals surface area (Å²) in [5, 5.41) is 26.2. The second-order valence-electron chi connectivity index (χ2n) is 6.35. The van der Waals surface area contributed by atoms with Crippen molar-refractivity contribution < 1.29 is 34.1 Å². The van der Waals surface area contributed by atoms with Gasteiger partial charge in [0.05, 0.1) is 23.9 Å². The Morgan fingerprint density at radius 2 is 1.79 bits per heavy atom. The van der Waals surface area contributed by atoms with Crippen LogP contribution in [-0.2, 0) is 14.3 Å². The van der Waals surface area contributed by atoms with Gasteiger partial charge < -0.3 is 30.3 Å². The number of ether oxygens (including phenoxy) is 2. The highest BCUT2D eigenvalue weighted by atomic mass is 16.5. The summed E-state index contributed by atoms with van der Waals surface area (Å²) in [5.41, 5.74) is -0.0322. The molecule has 0 spiro atoms. The first-order valence-electron chi connectivity index (χ1n) is 8.92. The predicted octanol–water partition coefficient (Wildman–Crippen LogP) is 1.93.